The first kappa shape index (κ1) is 12.3. The zero-order chi connectivity index (χ0) is 12.4. The van der Waals surface area contributed by atoms with Crippen LogP contribution in [0.15, 0.2) is 57.9 Å². The molecule has 0 N–H and O–H groups in total. The van der Waals surface area contributed by atoms with Gasteiger partial charge in [-0.1, -0.05) is 46.3 Å². The van der Waals surface area contributed by atoms with Crippen LogP contribution in [0.2, 0.25) is 0 Å². The Balaban J connectivity index is 1.75. The van der Waals surface area contributed by atoms with E-state index in [9.17, 15) is 0 Å². The highest BCUT2D eigenvalue weighted by Crippen LogP contribution is 2.35. The van der Waals surface area contributed by atoms with Crippen LogP contribution in [0.1, 0.15) is 11.1 Å². The first-order chi connectivity index (χ1) is 8.81. The van der Waals surface area contributed by atoms with Crippen LogP contribution in [0.3, 0.4) is 0 Å². The van der Waals surface area contributed by atoms with Gasteiger partial charge in [0.2, 0.25) is 0 Å². The van der Waals surface area contributed by atoms with Crippen LogP contribution in [0.25, 0.3) is 0 Å². The minimum atomic E-state index is 0.763. The Morgan fingerprint density at radius 1 is 1.11 bits per heavy atom. The summed E-state index contributed by atoms with van der Waals surface area (Å²) in [5.74, 6) is 2.00. The lowest BCUT2D eigenvalue weighted by molar-refractivity contribution is 0.574. The van der Waals surface area contributed by atoms with Crippen molar-refractivity contribution in [2.45, 2.75) is 17.7 Å². The minimum absolute atomic E-state index is 0.763. The molecular formula is C16H15BrS. The van der Waals surface area contributed by atoms with Gasteiger partial charge in [-0.2, -0.15) is 0 Å². The van der Waals surface area contributed by atoms with Gasteiger partial charge >= 0.3 is 0 Å². The highest BCUT2D eigenvalue weighted by molar-refractivity contribution is 9.10. The van der Waals surface area contributed by atoms with Gasteiger partial charge in [0.15, 0.2) is 0 Å². The molecule has 92 valence electrons. The molecule has 0 aromatic heterocycles. The van der Waals surface area contributed by atoms with Gasteiger partial charge < -0.3 is 0 Å². The highest BCUT2D eigenvalue weighted by Gasteiger charge is 2.19. The fraction of sp³-hybridized carbons (Fsp3) is 0.250. The Hall–Kier alpha value is -0.730. The Labute approximate surface area is 121 Å². The average molecular weight is 319 g/mol. The van der Waals surface area contributed by atoms with Gasteiger partial charge in [0.1, 0.15) is 0 Å². The van der Waals surface area contributed by atoms with Crippen molar-refractivity contribution in [2.75, 3.05) is 5.75 Å². The number of benzene rings is 2. The summed E-state index contributed by atoms with van der Waals surface area (Å²) < 4.78 is 1.20. The highest BCUT2D eigenvalue weighted by atomic mass is 79.9. The van der Waals surface area contributed by atoms with Gasteiger partial charge in [-0.25, -0.2) is 0 Å². The third-order valence-electron chi connectivity index (χ3n) is 3.37. The van der Waals surface area contributed by atoms with Gasteiger partial charge in [0.05, 0.1) is 0 Å². The van der Waals surface area contributed by atoms with E-state index >= 15 is 0 Å². The lowest BCUT2D eigenvalue weighted by atomic mass is 9.93. The van der Waals surface area contributed by atoms with E-state index in [-0.39, 0.29) is 0 Å². The quantitative estimate of drug-likeness (QED) is 0.754. The van der Waals surface area contributed by atoms with Crippen LogP contribution in [0, 0.1) is 5.92 Å². The predicted octanol–water partition coefficient (Wildman–Crippen LogP) is 4.96. The Morgan fingerprint density at radius 2 is 1.94 bits per heavy atom. The van der Waals surface area contributed by atoms with Crippen molar-refractivity contribution in [1.29, 1.82) is 0 Å². The third-order valence-corrected chi connectivity index (χ3v) is 5.21. The number of fused-ring (bicyclic) bond motifs is 1. The van der Waals surface area contributed by atoms with E-state index in [0.29, 0.717) is 0 Å². The molecule has 2 heteroatoms. The summed E-state index contributed by atoms with van der Waals surface area (Å²) in [4.78, 5) is 1.46. The number of hydrogen-bond acceptors (Lipinski definition) is 1. The summed E-state index contributed by atoms with van der Waals surface area (Å²) >= 11 is 5.57. The second-order valence-corrected chi connectivity index (χ2v) is 6.80. The van der Waals surface area contributed by atoms with E-state index in [0.717, 1.165) is 5.92 Å². The molecule has 0 saturated carbocycles. The normalized spacial score (nSPS) is 18.4. The molecule has 1 aliphatic rings. The summed E-state index contributed by atoms with van der Waals surface area (Å²) in [6.45, 7) is 0. The lowest BCUT2D eigenvalue weighted by Crippen LogP contribution is -2.15. The molecule has 0 saturated heterocycles. The molecule has 1 heterocycles. The van der Waals surface area contributed by atoms with Crippen LogP contribution in [0.4, 0.5) is 0 Å². The van der Waals surface area contributed by atoms with Crippen LogP contribution in [-0.2, 0) is 12.8 Å². The summed E-state index contributed by atoms with van der Waals surface area (Å²) in [6, 6.07) is 17.5. The number of thioether (sulfide) groups is 1. The van der Waals surface area contributed by atoms with Crippen molar-refractivity contribution in [1.82, 2.24) is 0 Å². The van der Waals surface area contributed by atoms with Crippen LogP contribution in [0.5, 0.6) is 0 Å². The maximum absolute atomic E-state index is 3.57. The zero-order valence-corrected chi connectivity index (χ0v) is 12.5. The number of halogens is 1. The second-order valence-electron chi connectivity index (χ2n) is 4.82. The van der Waals surface area contributed by atoms with Crippen molar-refractivity contribution in [3.63, 3.8) is 0 Å². The van der Waals surface area contributed by atoms with Crippen molar-refractivity contribution in [3.05, 3.63) is 64.1 Å². The molecule has 3 rings (SSSR count). The van der Waals surface area contributed by atoms with E-state index < -0.39 is 0 Å². The zero-order valence-electron chi connectivity index (χ0n) is 10.1. The molecule has 0 radical (unpaired) electrons. The van der Waals surface area contributed by atoms with Crippen molar-refractivity contribution in [3.8, 4) is 0 Å². The number of hydrogen-bond donors (Lipinski definition) is 0. The van der Waals surface area contributed by atoms with Gasteiger partial charge in [-0.15, -0.1) is 11.8 Å². The maximum atomic E-state index is 3.57. The summed E-state index contributed by atoms with van der Waals surface area (Å²) in [6.07, 6.45) is 2.40. The van der Waals surface area contributed by atoms with E-state index in [1.807, 2.05) is 11.8 Å². The third kappa shape index (κ3) is 2.81. The molecule has 2 aromatic rings. The molecule has 1 aliphatic heterocycles. The monoisotopic (exact) mass is 318 g/mol. The Bertz CT molecular complexity index is 536. The fourth-order valence-electron chi connectivity index (χ4n) is 2.50. The average Bonchev–Trinajstić information content (AvgIpc) is 2.39. The van der Waals surface area contributed by atoms with Gasteiger partial charge in [-0.3, -0.25) is 0 Å². The number of rotatable bonds is 2. The molecule has 0 nitrogen and oxygen atoms in total. The van der Waals surface area contributed by atoms with Crippen molar-refractivity contribution >= 4 is 27.7 Å². The lowest BCUT2D eigenvalue weighted by Gasteiger charge is -2.24. The van der Waals surface area contributed by atoms with E-state index in [1.54, 1.807) is 0 Å². The molecule has 2 aromatic carbocycles. The molecule has 18 heavy (non-hydrogen) atoms. The Morgan fingerprint density at radius 3 is 2.78 bits per heavy atom. The van der Waals surface area contributed by atoms with E-state index in [1.165, 1.54) is 39.1 Å². The van der Waals surface area contributed by atoms with E-state index in [2.05, 4.69) is 64.5 Å². The SMILES string of the molecule is Brc1ccc2c(c1)CC(Cc1ccccc1)CS2. The van der Waals surface area contributed by atoms with Gasteiger partial charge in [0, 0.05) is 15.1 Å². The Kier molecular flexibility index (Phi) is 3.76. The van der Waals surface area contributed by atoms with Gasteiger partial charge in [-0.05, 0) is 48.1 Å². The van der Waals surface area contributed by atoms with Crippen molar-refractivity contribution in [2.24, 2.45) is 5.92 Å². The molecule has 0 amide bonds. The predicted molar refractivity (Wildman–Crippen MR) is 82.2 cm³/mol. The van der Waals surface area contributed by atoms with Crippen LogP contribution >= 0.6 is 27.7 Å². The summed E-state index contributed by atoms with van der Waals surface area (Å²) in [5, 5.41) is 0. The van der Waals surface area contributed by atoms with Crippen LogP contribution in [-0.4, -0.2) is 5.75 Å². The van der Waals surface area contributed by atoms with Crippen LogP contribution < -0.4 is 0 Å². The molecule has 0 fully saturated rings. The molecule has 0 bridgehead atoms. The molecule has 1 unspecified atom stereocenters. The van der Waals surface area contributed by atoms with E-state index in [4.69, 9.17) is 0 Å². The molecule has 1 atom stereocenters. The second kappa shape index (κ2) is 5.50. The first-order valence-corrected chi connectivity index (χ1v) is 8.04. The topological polar surface area (TPSA) is 0 Å². The summed E-state index contributed by atoms with van der Waals surface area (Å²) in [5.41, 5.74) is 2.96. The summed E-state index contributed by atoms with van der Waals surface area (Å²) in [7, 11) is 0. The molecular weight excluding hydrogens is 304 g/mol. The fourth-order valence-corrected chi connectivity index (χ4v) is 4.06. The maximum Gasteiger partial charge on any atom is 0.0178 e. The largest absolute Gasteiger partial charge is 0.126 e. The first-order valence-electron chi connectivity index (χ1n) is 6.26. The minimum Gasteiger partial charge on any atom is -0.126 e. The molecule has 0 aliphatic carbocycles. The molecule has 0 spiro atoms. The smallest absolute Gasteiger partial charge is 0.0178 e. The standard InChI is InChI=1S/C16H15BrS/c17-15-6-7-16-14(10-15)9-13(11-18-16)8-12-4-2-1-3-5-12/h1-7,10,13H,8-9,11H2. The van der Waals surface area contributed by atoms with Gasteiger partial charge in [0.25, 0.3) is 0 Å². The van der Waals surface area contributed by atoms with Crippen molar-refractivity contribution < 1.29 is 0 Å².